The van der Waals surface area contributed by atoms with Crippen molar-refractivity contribution in [3.8, 4) is 0 Å². The van der Waals surface area contributed by atoms with Crippen molar-refractivity contribution in [3.63, 3.8) is 0 Å². The van der Waals surface area contributed by atoms with Crippen LogP contribution >= 0.6 is 0 Å². The van der Waals surface area contributed by atoms with Crippen molar-refractivity contribution >= 4 is 12.0 Å². The molecule has 0 heterocycles. The number of amides is 2. The Hall–Kier alpha value is -1.26. The summed E-state index contributed by atoms with van der Waals surface area (Å²) in [5.41, 5.74) is 0. The maximum Gasteiger partial charge on any atom is 0.314 e. The van der Waals surface area contributed by atoms with E-state index in [0.29, 0.717) is 13.1 Å². The van der Waals surface area contributed by atoms with Crippen molar-refractivity contribution < 1.29 is 14.3 Å². The van der Waals surface area contributed by atoms with Crippen LogP contribution in [-0.4, -0.2) is 32.2 Å². The lowest BCUT2D eigenvalue weighted by Gasteiger charge is -2.03. The molecule has 0 aromatic rings. The maximum absolute atomic E-state index is 10.7. The molecule has 0 saturated carbocycles. The largest absolute Gasteiger partial charge is 0.469 e. The molecule has 0 aromatic heterocycles. The van der Waals surface area contributed by atoms with E-state index in [-0.39, 0.29) is 18.4 Å². The fourth-order valence-corrected chi connectivity index (χ4v) is 0.603. The van der Waals surface area contributed by atoms with Crippen LogP contribution in [0.4, 0.5) is 4.79 Å². The second-order valence-electron chi connectivity index (χ2n) is 2.11. The molecule has 0 saturated heterocycles. The second kappa shape index (κ2) is 6.45. The minimum absolute atomic E-state index is 0.202. The summed E-state index contributed by atoms with van der Waals surface area (Å²) in [5, 5.41) is 5.03. The number of methoxy groups -OCH3 is 1. The highest BCUT2D eigenvalue weighted by Gasteiger charge is 2.01. The summed E-state index contributed by atoms with van der Waals surface area (Å²) in [6.07, 6.45) is 0.202. The Morgan fingerprint density at radius 1 is 1.33 bits per heavy atom. The summed E-state index contributed by atoms with van der Waals surface area (Å²) >= 11 is 0. The van der Waals surface area contributed by atoms with Gasteiger partial charge in [-0.25, -0.2) is 4.79 Å². The van der Waals surface area contributed by atoms with Crippen molar-refractivity contribution in [2.75, 3.05) is 20.2 Å². The predicted octanol–water partition coefficient (Wildman–Crippen LogP) is -0.131. The molecule has 0 spiro atoms. The third kappa shape index (κ3) is 5.52. The molecule has 0 radical (unpaired) electrons. The van der Waals surface area contributed by atoms with Gasteiger partial charge in [-0.1, -0.05) is 0 Å². The molecule has 0 unspecified atom stereocenters. The SMILES string of the molecule is CCNC(=O)NCCC(=O)OC. The molecule has 0 aliphatic rings. The summed E-state index contributed by atoms with van der Waals surface area (Å²) in [6, 6.07) is -0.263. The van der Waals surface area contributed by atoms with Crippen LogP contribution in [0.25, 0.3) is 0 Å². The second-order valence-corrected chi connectivity index (χ2v) is 2.11. The highest BCUT2D eigenvalue weighted by molar-refractivity contribution is 5.75. The summed E-state index contributed by atoms with van der Waals surface area (Å²) in [6.45, 7) is 2.70. The zero-order valence-corrected chi connectivity index (χ0v) is 7.35. The van der Waals surface area contributed by atoms with E-state index in [4.69, 9.17) is 0 Å². The van der Waals surface area contributed by atoms with Crippen LogP contribution in [0.15, 0.2) is 0 Å². The zero-order chi connectivity index (χ0) is 9.40. The van der Waals surface area contributed by atoms with E-state index in [2.05, 4.69) is 15.4 Å². The van der Waals surface area contributed by atoms with E-state index in [9.17, 15) is 9.59 Å². The van der Waals surface area contributed by atoms with Gasteiger partial charge in [-0.05, 0) is 6.92 Å². The van der Waals surface area contributed by atoms with Crippen LogP contribution in [0.2, 0.25) is 0 Å². The first-order valence-electron chi connectivity index (χ1n) is 3.79. The highest BCUT2D eigenvalue weighted by atomic mass is 16.5. The maximum atomic E-state index is 10.7. The van der Waals surface area contributed by atoms with Gasteiger partial charge in [-0.15, -0.1) is 0 Å². The normalized spacial score (nSPS) is 8.83. The number of rotatable bonds is 4. The van der Waals surface area contributed by atoms with Crippen molar-refractivity contribution in [1.29, 1.82) is 0 Å². The van der Waals surface area contributed by atoms with Crippen molar-refractivity contribution in [1.82, 2.24) is 10.6 Å². The number of ether oxygens (including phenoxy) is 1. The van der Waals surface area contributed by atoms with Crippen molar-refractivity contribution in [3.05, 3.63) is 0 Å². The topological polar surface area (TPSA) is 67.4 Å². The van der Waals surface area contributed by atoms with Gasteiger partial charge in [0.25, 0.3) is 0 Å². The quantitative estimate of drug-likeness (QED) is 0.583. The van der Waals surface area contributed by atoms with E-state index < -0.39 is 0 Å². The molecule has 2 N–H and O–H groups in total. The minimum Gasteiger partial charge on any atom is -0.469 e. The number of carbonyl (C=O) groups excluding carboxylic acids is 2. The predicted molar refractivity (Wildman–Crippen MR) is 43.7 cm³/mol. The summed E-state index contributed by atoms with van der Waals surface area (Å²) in [5.74, 6) is -0.327. The first-order chi connectivity index (χ1) is 5.70. The molecular formula is C7H14N2O3. The van der Waals surface area contributed by atoms with Gasteiger partial charge in [0.2, 0.25) is 0 Å². The standard InChI is InChI=1S/C7H14N2O3/c1-3-8-7(11)9-5-4-6(10)12-2/h3-5H2,1-2H3,(H2,8,9,11). The van der Waals surface area contributed by atoms with Gasteiger partial charge in [0.15, 0.2) is 0 Å². The summed E-state index contributed by atoms with van der Waals surface area (Å²) in [4.78, 5) is 21.3. The first-order valence-corrected chi connectivity index (χ1v) is 3.79. The number of urea groups is 1. The Balaban J connectivity index is 3.30. The molecule has 0 atom stereocenters. The molecular weight excluding hydrogens is 160 g/mol. The smallest absolute Gasteiger partial charge is 0.314 e. The molecule has 0 fully saturated rings. The molecule has 0 bridgehead atoms. The lowest BCUT2D eigenvalue weighted by Crippen LogP contribution is -2.36. The van der Waals surface area contributed by atoms with Crippen LogP contribution in [0, 0.1) is 0 Å². The van der Waals surface area contributed by atoms with Gasteiger partial charge in [0.1, 0.15) is 0 Å². The molecule has 2 amide bonds. The fraction of sp³-hybridized carbons (Fsp3) is 0.714. The Labute approximate surface area is 71.5 Å². The first kappa shape index (κ1) is 10.7. The summed E-state index contributed by atoms with van der Waals surface area (Å²) in [7, 11) is 1.31. The van der Waals surface area contributed by atoms with Gasteiger partial charge >= 0.3 is 12.0 Å². The van der Waals surface area contributed by atoms with Gasteiger partial charge in [-0.2, -0.15) is 0 Å². The van der Waals surface area contributed by atoms with Gasteiger partial charge < -0.3 is 15.4 Å². The molecule has 0 aliphatic carbocycles. The molecule has 12 heavy (non-hydrogen) atoms. The average Bonchev–Trinajstić information content (AvgIpc) is 2.04. The number of nitrogens with one attached hydrogen (secondary N) is 2. The Bertz CT molecular complexity index is 159. The summed E-state index contributed by atoms with van der Waals surface area (Å²) < 4.78 is 4.38. The van der Waals surface area contributed by atoms with E-state index in [1.165, 1.54) is 7.11 Å². The van der Waals surface area contributed by atoms with E-state index in [0.717, 1.165) is 0 Å². The fourth-order valence-electron chi connectivity index (χ4n) is 0.603. The number of hydrogen-bond acceptors (Lipinski definition) is 3. The van der Waals surface area contributed by atoms with Crippen molar-refractivity contribution in [2.45, 2.75) is 13.3 Å². The number of esters is 1. The van der Waals surface area contributed by atoms with Crippen LogP contribution in [0.3, 0.4) is 0 Å². The third-order valence-electron chi connectivity index (χ3n) is 1.18. The minimum atomic E-state index is -0.327. The van der Waals surface area contributed by atoms with Crippen LogP contribution < -0.4 is 10.6 Å². The monoisotopic (exact) mass is 174 g/mol. The molecule has 0 aliphatic heterocycles. The number of carbonyl (C=O) groups is 2. The van der Waals surface area contributed by atoms with Gasteiger partial charge in [0, 0.05) is 13.1 Å². The van der Waals surface area contributed by atoms with E-state index in [1.807, 2.05) is 6.92 Å². The lowest BCUT2D eigenvalue weighted by molar-refractivity contribution is -0.140. The zero-order valence-electron chi connectivity index (χ0n) is 7.35. The van der Waals surface area contributed by atoms with Gasteiger partial charge in [0.05, 0.1) is 13.5 Å². The Morgan fingerprint density at radius 2 is 2.00 bits per heavy atom. The Kier molecular flexibility index (Phi) is 5.77. The van der Waals surface area contributed by atoms with Gasteiger partial charge in [-0.3, -0.25) is 4.79 Å². The number of hydrogen-bond donors (Lipinski definition) is 2. The lowest BCUT2D eigenvalue weighted by atomic mass is 10.4. The van der Waals surface area contributed by atoms with E-state index >= 15 is 0 Å². The molecule has 5 nitrogen and oxygen atoms in total. The molecule has 0 rings (SSSR count). The molecule has 70 valence electrons. The van der Waals surface area contributed by atoms with Crippen LogP contribution in [0.1, 0.15) is 13.3 Å². The third-order valence-corrected chi connectivity index (χ3v) is 1.18. The molecule has 0 aromatic carbocycles. The van der Waals surface area contributed by atoms with Crippen molar-refractivity contribution in [2.24, 2.45) is 0 Å². The molecule has 5 heteroatoms. The van der Waals surface area contributed by atoms with E-state index in [1.54, 1.807) is 0 Å². The highest BCUT2D eigenvalue weighted by Crippen LogP contribution is 1.80. The average molecular weight is 174 g/mol. The Morgan fingerprint density at radius 3 is 2.50 bits per heavy atom. The van der Waals surface area contributed by atoms with Crippen LogP contribution in [0.5, 0.6) is 0 Å². The van der Waals surface area contributed by atoms with Crippen LogP contribution in [-0.2, 0) is 9.53 Å².